The zero-order valence-corrected chi connectivity index (χ0v) is 12.5. The SMILES string of the molecule is CN1CC(OCc2ccccc2)(c2ccccc2)C1.Cl. The Morgan fingerprint density at radius 2 is 1.50 bits per heavy atom. The maximum absolute atomic E-state index is 6.27. The standard InChI is InChI=1S/C17H19NO.ClH/c1-18-13-17(14-18,16-10-6-3-7-11-16)19-12-15-8-4-2-5-9-15;/h2-11H,12-14H2,1H3;1H. The molecular formula is C17H20ClNO. The van der Waals surface area contributed by atoms with Crippen molar-refractivity contribution in [2.45, 2.75) is 12.2 Å². The van der Waals surface area contributed by atoms with Crippen molar-refractivity contribution in [3.63, 3.8) is 0 Å². The number of halogens is 1. The summed E-state index contributed by atoms with van der Waals surface area (Å²) in [6, 6.07) is 20.9. The van der Waals surface area contributed by atoms with Crippen LogP contribution >= 0.6 is 12.4 Å². The van der Waals surface area contributed by atoms with E-state index in [4.69, 9.17) is 4.74 Å². The highest BCUT2D eigenvalue weighted by Crippen LogP contribution is 2.35. The van der Waals surface area contributed by atoms with Gasteiger partial charge in [0.15, 0.2) is 0 Å². The van der Waals surface area contributed by atoms with Crippen molar-refractivity contribution < 1.29 is 4.74 Å². The van der Waals surface area contributed by atoms with Crippen molar-refractivity contribution in [1.82, 2.24) is 4.90 Å². The van der Waals surface area contributed by atoms with Crippen molar-refractivity contribution in [1.29, 1.82) is 0 Å². The summed E-state index contributed by atoms with van der Waals surface area (Å²) in [5.74, 6) is 0. The Bertz CT molecular complexity index is 523. The molecule has 1 heterocycles. The van der Waals surface area contributed by atoms with Crippen LogP contribution in [-0.2, 0) is 16.9 Å². The maximum atomic E-state index is 6.27. The summed E-state index contributed by atoms with van der Waals surface area (Å²) in [5.41, 5.74) is 2.38. The number of benzene rings is 2. The van der Waals surface area contributed by atoms with E-state index in [1.165, 1.54) is 11.1 Å². The second-order valence-electron chi connectivity index (χ2n) is 5.31. The van der Waals surface area contributed by atoms with Gasteiger partial charge in [0.05, 0.1) is 6.61 Å². The summed E-state index contributed by atoms with van der Waals surface area (Å²) in [5, 5.41) is 0. The molecular weight excluding hydrogens is 270 g/mol. The Hall–Kier alpha value is -1.35. The number of hydrogen-bond donors (Lipinski definition) is 0. The number of ether oxygens (including phenoxy) is 1. The molecule has 0 amide bonds. The molecule has 0 aliphatic carbocycles. The van der Waals surface area contributed by atoms with Gasteiger partial charge in [-0.15, -0.1) is 12.4 Å². The first-order valence-electron chi connectivity index (χ1n) is 6.70. The lowest BCUT2D eigenvalue weighted by atomic mass is 9.86. The summed E-state index contributed by atoms with van der Waals surface area (Å²) in [4.78, 5) is 2.29. The van der Waals surface area contributed by atoms with E-state index in [9.17, 15) is 0 Å². The van der Waals surface area contributed by atoms with Gasteiger partial charge >= 0.3 is 0 Å². The molecule has 1 fully saturated rings. The molecule has 1 aliphatic heterocycles. The highest BCUT2D eigenvalue weighted by molar-refractivity contribution is 5.85. The van der Waals surface area contributed by atoms with Gasteiger partial charge in [-0.1, -0.05) is 60.7 Å². The van der Waals surface area contributed by atoms with Gasteiger partial charge in [-0.2, -0.15) is 0 Å². The number of likely N-dealkylation sites (N-methyl/N-ethyl adjacent to an activating group) is 1. The Labute approximate surface area is 126 Å². The molecule has 106 valence electrons. The van der Waals surface area contributed by atoms with E-state index < -0.39 is 0 Å². The van der Waals surface area contributed by atoms with Gasteiger partial charge in [-0.3, -0.25) is 4.90 Å². The van der Waals surface area contributed by atoms with Crippen LogP contribution in [0.5, 0.6) is 0 Å². The highest BCUT2D eigenvalue weighted by atomic mass is 35.5. The first-order chi connectivity index (χ1) is 9.28. The normalized spacial score (nSPS) is 17.1. The second kappa shape index (κ2) is 6.40. The van der Waals surface area contributed by atoms with Crippen molar-refractivity contribution >= 4 is 12.4 Å². The molecule has 0 aromatic heterocycles. The van der Waals surface area contributed by atoms with E-state index in [0.717, 1.165) is 13.1 Å². The van der Waals surface area contributed by atoms with Crippen LogP contribution in [-0.4, -0.2) is 25.0 Å². The molecule has 0 saturated carbocycles. The fourth-order valence-electron chi connectivity index (χ4n) is 2.72. The number of rotatable bonds is 4. The molecule has 0 bridgehead atoms. The van der Waals surface area contributed by atoms with Crippen molar-refractivity contribution in [3.8, 4) is 0 Å². The molecule has 1 saturated heterocycles. The van der Waals surface area contributed by atoms with E-state index in [2.05, 4.69) is 66.5 Å². The van der Waals surface area contributed by atoms with Crippen LogP contribution in [0.3, 0.4) is 0 Å². The summed E-state index contributed by atoms with van der Waals surface area (Å²) in [6.07, 6.45) is 0. The van der Waals surface area contributed by atoms with Gasteiger partial charge in [-0.05, 0) is 18.2 Å². The molecule has 3 rings (SSSR count). The van der Waals surface area contributed by atoms with Crippen LogP contribution in [0.2, 0.25) is 0 Å². The van der Waals surface area contributed by atoms with Crippen LogP contribution in [0.4, 0.5) is 0 Å². The van der Waals surface area contributed by atoms with Crippen LogP contribution in [0.25, 0.3) is 0 Å². The lowest BCUT2D eigenvalue weighted by Crippen LogP contribution is -2.58. The predicted octanol–water partition coefficient (Wildman–Crippen LogP) is 3.47. The van der Waals surface area contributed by atoms with E-state index in [1.54, 1.807) is 0 Å². The molecule has 0 atom stereocenters. The van der Waals surface area contributed by atoms with Crippen LogP contribution in [0.15, 0.2) is 60.7 Å². The van der Waals surface area contributed by atoms with Crippen LogP contribution in [0.1, 0.15) is 11.1 Å². The lowest BCUT2D eigenvalue weighted by molar-refractivity contribution is -0.151. The molecule has 0 unspecified atom stereocenters. The molecule has 0 radical (unpaired) electrons. The van der Waals surface area contributed by atoms with Crippen molar-refractivity contribution in [3.05, 3.63) is 71.8 Å². The summed E-state index contributed by atoms with van der Waals surface area (Å²) in [6.45, 7) is 2.59. The number of hydrogen-bond acceptors (Lipinski definition) is 2. The average Bonchev–Trinajstić information content (AvgIpc) is 2.44. The molecule has 20 heavy (non-hydrogen) atoms. The molecule has 0 spiro atoms. The van der Waals surface area contributed by atoms with Crippen molar-refractivity contribution in [2.75, 3.05) is 20.1 Å². The zero-order chi connectivity index (χ0) is 13.1. The van der Waals surface area contributed by atoms with Crippen molar-refractivity contribution in [2.24, 2.45) is 0 Å². The van der Waals surface area contributed by atoms with Crippen LogP contribution in [0, 0.1) is 0 Å². The molecule has 2 aromatic carbocycles. The fraction of sp³-hybridized carbons (Fsp3) is 0.294. The Kier molecular flexibility index (Phi) is 4.81. The third kappa shape index (κ3) is 3.04. The lowest BCUT2D eigenvalue weighted by Gasteiger charge is -2.48. The minimum atomic E-state index is -0.133. The molecule has 0 N–H and O–H groups in total. The summed E-state index contributed by atoms with van der Waals surface area (Å²) >= 11 is 0. The molecule has 2 aromatic rings. The fourth-order valence-corrected chi connectivity index (χ4v) is 2.72. The zero-order valence-electron chi connectivity index (χ0n) is 11.7. The average molecular weight is 290 g/mol. The Morgan fingerprint density at radius 1 is 0.950 bits per heavy atom. The molecule has 1 aliphatic rings. The van der Waals surface area contributed by atoms with E-state index >= 15 is 0 Å². The largest absolute Gasteiger partial charge is 0.363 e. The topological polar surface area (TPSA) is 12.5 Å². The monoisotopic (exact) mass is 289 g/mol. The highest BCUT2D eigenvalue weighted by Gasteiger charge is 2.43. The van der Waals surface area contributed by atoms with Gasteiger partial charge in [0, 0.05) is 13.1 Å². The minimum absolute atomic E-state index is 0. The summed E-state index contributed by atoms with van der Waals surface area (Å²) < 4.78 is 6.27. The first kappa shape index (κ1) is 15.0. The second-order valence-corrected chi connectivity index (χ2v) is 5.31. The predicted molar refractivity (Wildman–Crippen MR) is 84.1 cm³/mol. The molecule has 3 heteroatoms. The van der Waals surface area contributed by atoms with Gasteiger partial charge in [0.1, 0.15) is 5.60 Å². The van der Waals surface area contributed by atoms with Gasteiger partial charge in [-0.25, -0.2) is 0 Å². The Balaban J connectivity index is 0.00000147. The van der Waals surface area contributed by atoms with Gasteiger partial charge in [0.25, 0.3) is 0 Å². The maximum Gasteiger partial charge on any atom is 0.119 e. The first-order valence-corrected chi connectivity index (χ1v) is 6.70. The Morgan fingerprint density at radius 3 is 2.05 bits per heavy atom. The molecule has 2 nitrogen and oxygen atoms in total. The number of nitrogens with zero attached hydrogens (tertiary/aromatic N) is 1. The third-order valence-corrected chi connectivity index (χ3v) is 3.71. The smallest absolute Gasteiger partial charge is 0.119 e. The van der Waals surface area contributed by atoms with E-state index in [0.29, 0.717) is 6.61 Å². The number of likely N-dealkylation sites (tertiary alicyclic amines) is 1. The third-order valence-electron chi connectivity index (χ3n) is 3.71. The van der Waals surface area contributed by atoms with E-state index in [-0.39, 0.29) is 18.0 Å². The van der Waals surface area contributed by atoms with Crippen LogP contribution < -0.4 is 0 Å². The summed E-state index contributed by atoms with van der Waals surface area (Å²) in [7, 11) is 2.13. The van der Waals surface area contributed by atoms with Gasteiger partial charge in [0.2, 0.25) is 0 Å². The quantitative estimate of drug-likeness (QED) is 0.855. The minimum Gasteiger partial charge on any atom is -0.363 e. The van der Waals surface area contributed by atoms with Gasteiger partial charge < -0.3 is 4.74 Å². The van der Waals surface area contributed by atoms with E-state index in [1.807, 2.05) is 6.07 Å².